The molecule has 0 heterocycles. The molecule has 2 aromatic rings. The lowest BCUT2D eigenvalue weighted by atomic mass is 10.1. The van der Waals surface area contributed by atoms with Gasteiger partial charge < -0.3 is 15.2 Å². The van der Waals surface area contributed by atoms with Gasteiger partial charge in [-0.15, -0.1) is 0 Å². The molecule has 0 fully saturated rings. The van der Waals surface area contributed by atoms with Crippen molar-refractivity contribution in [1.29, 1.82) is 0 Å². The number of hydrogen-bond donors (Lipinski definition) is 2. The van der Waals surface area contributed by atoms with Gasteiger partial charge in [0.2, 0.25) is 0 Å². The minimum absolute atomic E-state index is 0.0213. The molecule has 122 valence electrons. The van der Waals surface area contributed by atoms with Crippen molar-refractivity contribution in [2.24, 2.45) is 0 Å². The van der Waals surface area contributed by atoms with Gasteiger partial charge in [-0.2, -0.15) is 0 Å². The molecule has 0 aromatic heterocycles. The molecule has 6 heteroatoms. The maximum absolute atomic E-state index is 12.8. The Bertz CT molecular complexity index is 676. The number of ether oxygens (including phenoxy) is 1. The third-order valence-corrected chi connectivity index (χ3v) is 3.67. The number of nitrogens with one attached hydrogen (secondary N) is 1. The van der Waals surface area contributed by atoms with Crippen molar-refractivity contribution < 1.29 is 19.0 Å². The van der Waals surface area contributed by atoms with Crippen LogP contribution in [-0.2, 0) is 4.79 Å². The van der Waals surface area contributed by atoms with Gasteiger partial charge in [0.1, 0.15) is 11.6 Å². The average molecular weight is 338 g/mol. The van der Waals surface area contributed by atoms with E-state index in [1.54, 1.807) is 18.2 Å². The van der Waals surface area contributed by atoms with Crippen molar-refractivity contribution in [3.8, 4) is 5.75 Å². The topological polar surface area (TPSA) is 58.6 Å². The summed E-state index contributed by atoms with van der Waals surface area (Å²) in [7, 11) is 0. The zero-order chi connectivity index (χ0) is 16.8. The van der Waals surface area contributed by atoms with Crippen molar-refractivity contribution in [2.45, 2.75) is 13.0 Å². The fourth-order valence-corrected chi connectivity index (χ4v) is 2.04. The summed E-state index contributed by atoms with van der Waals surface area (Å²) in [5, 5.41) is 13.1. The van der Waals surface area contributed by atoms with Crippen LogP contribution >= 0.6 is 11.6 Å². The van der Waals surface area contributed by atoms with Gasteiger partial charge in [0.05, 0.1) is 6.10 Å². The van der Waals surface area contributed by atoms with Crippen molar-refractivity contribution in [1.82, 2.24) is 5.32 Å². The number of hydrogen-bond acceptors (Lipinski definition) is 3. The molecule has 0 aliphatic rings. The molecule has 0 aliphatic heterocycles. The van der Waals surface area contributed by atoms with Crippen molar-refractivity contribution >= 4 is 17.5 Å². The van der Waals surface area contributed by atoms with Crippen molar-refractivity contribution in [3.63, 3.8) is 0 Å². The molecule has 0 saturated carbocycles. The van der Waals surface area contributed by atoms with E-state index in [-0.39, 0.29) is 24.9 Å². The first kappa shape index (κ1) is 17.2. The summed E-state index contributed by atoms with van der Waals surface area (Å²) in [6.07, 6.45) is -0.905. The van der Waals surface area contributed by atoms with E-state index < -0.39 is 6.10 Å². The monoisotopic (exact) mass is 337 g/mol. The molecule has 2 aromatic carbocycles. The summed E-state index contributed by atoms with van der Waals surface area (Å²) < 4.78 is 18.2. The minimum atomic E-state index is -0.905. The molecular weight excluding hydrogens is 321 g/mol. The zero-order valence-electron chi connectivity index (χ0n) is 12.6. The fraction of sp³-hybridized carbons (Fsp3) is 0.235. The summed E-state index contributed by atoms with van der Waals surface area (Å²) >= 11 is 5.91. The second-order valence-electron chi connectivity index (χ2n) is 5.07. The molecule has 1 atom stereocenters. The molecule has 0 aliphatic carbocycles. The summed E-state index contributed by atoms with van der Waals surface area (Å²) in [6, 6.07) is 10.6. The summed E-state index contributed by atoms with van der Waals surface area (Å²) in [5.74, 6) is -0.198. The predicted molar refractivity (Wildman–Crippen MR) is 86.1 cm³/mol. The second-order valence-corrected chi connectivity index (χ2v) is 5.48. The maximum atomic E-state index is 12.8. The molecule has 0 spiro atoms. The smallest absolute Gasteiger partial charge is 0.258 e. The first-order chi connectivity index (χ1) is 11.0. The lowest BCUT2D eigenvalue weighted by molar-refractivity contribution is -0.123. The Labute approximate surface area is 138 Å². The maximum Gasteiger partial charge on any atom is 0.258 e. The fourth-order valence-electron chi connectivity index (χ4n) is 1.92. The van der Waals surface area contributed by atoms with Gasteiger partial charge in [0.15, 0.2) is 6.61 Å². The van der Waals surface area contributed by atoms with Crippen LogP contribution in [0.3, 0.4) is 0 Å². The van der Waals surface area contributed by atoms with Crippen LogP contribution in [0, 0.1) is 12.7 Å². The van der Waals surface area contributed by atoms with Crippen LogP contribution < -0.4 is 10.1 Å². The summed E-state index contributed by atoms with van der Waals surface area (Å²) in [4.78, 5) is 11.7. The molecule has 1 amide bonds. The largest absolute Gasteiger partial charge is 0.484 e. The number of carbonyl (C=O) groups is 1. The number of amides is 1. The van der Waals surface area contributed by atoms with Crippen LogP contribution in [0.5, 0.6) is 5.75 Å². The molecule has 0 radical (unpaired) electrons. The quantitative estimate of drug-likeness (QED) is 0.852. The van der Waals surface area contributed by atoms with Gasteiger partial charge in [-0.25, -0.2) is 4.39 Å². The molecule has 0 bridgehead atoms. The van der Waals surface area contributed by atoms with Gasteiger partial charge in [-0.05, 0) is 48.4 Å². The lowest BCUT2D eigenvalue weighted by Crippen LogP contribution is -2.32. The number of aliphatic hydroxyl groups excluding tert-OH is 1. The van der Waals surface area contributed by atoms with E-state index in [9.17, 15) is 14.3 Å². The van der Waals surface area contributed by atoms with Crippen molar-refractivity contribution in [2.75, 3.05) is 13.2 Å². The van der Waals surface area contributed by atoms with E-state index in [0.29, 0.717) is 16.3 Å². The van der Waals surface area contributed by atoms with Crippen LogP contribution in [0.2, 0.25) is 5.02 Å². The molecule has 4 nitrogen and oxygen atoms in total. The Hall–Kier alpha value is -2.11. The zero-order valence-corrected chi connectivity index (χ0v) is 13.3. The highest BCUT2D eigenvalue weighted by Crippen LogP contribution is 2.20. The van der Waals surface area contributed by atoms with Crippen LogP contribution in [0.1, 0.15) is 17.2 Å². The van der Waals surface area contributed by atoms with E-state index in [0.717, 1.165) is 5.56 Å². The first-order valence-electron chi connectivity index (χ1n) is 7.05. The standard InChI is InChI=1S/C17H17ClFNO3/c1-11-8-14(6-7-15(11)18)23-10-17(22)20-9-16(21)12-2-4-13(19)5-3-12/h2-8,16,21H,9-10H2,1H3,(H,20,22). The third-order valence-electron chi connectivity index (χ3n) is 3.25. The SMILES string of the molecule is Cc1cc(OCC(=O)NCC(O)c2ccc(F)cc2)ccc1Cl. The normalized spacial score (nSPS) is 11.8. The molecule has 23 heavy (non-hydrogen) atoms. The van der Waals surface area contributed by atoms with E-state index in [1.165, 1.54) is 24.3 Å². The molecular formula is C17H17ClFNO3. The molecule has 0 saturated heterocycles. The van der Waals surface area contributed by atoms with Crippen LogP contribution in [-0.4, -0.2) is 24.2 Å². The Kier molecular flexibility index (Phi) is 5.96. The average Bonchev–Trinajstić information content (AvgIpc) is 2.54. The number of aliphatic hydroxyl groups is 1. The third kappa shape index (κ3) is 5.23. The lowest BCUT2D eigenvalue weighted by Gasteiger charge is -2.13. The van der Waals surface area contributed by atoms with E-state index in [4.69, 9.17) is 16.3 Å². The van der Waals surface area contributed by atoms with Crippen LogP contribution in [0.15, 0.2) is 42.5 Å². The van der Waals surface area contributed by atoms with E-state index in [2.05, 4.69) is 5.32 Å². The number of halogens is 2. The molecule has 2 N–H and O–H groups in total. The van der Waals surface area contributed by atoms with Gasteiger partial charge in [-0.1, -0.05) is 23.7 Å². The number of rotatable bonds is 6. The molecule has 1 unspecified atom stereocenters. The summed E-state index contributed by atoms with van der Waals surface area (Å²) in [6.45, 7) is 1.69. The Morgan fingerprint density at radius 1 is 1.30 bits per heavy atom. The van der Waals surface area contributed by atoms with Gasteiger partial charge in [-0.3, -0.25) is 4.79 Å². The summed E-state index contributed by atoms with van der Waals surface area (Å²) in [5.41, 5.74) is 1.39. The minimum Gasteiger partial charge on any atom is -0.484 e. The Morgan fingerprint density at radius 2 is 2.00 bits per heavy atom. The Morgan fingerprint density at radius 3 is 2.65 bits per heavy atom. The number of carbonyl (C=O) groups excluding carboxylic acids is 1. The molecule has 2 rings (SSSR count). The van der Waals surface area contributed by atoms with Gasteiger partial charge >= 0.3 is 0 Å². The predicted octanol–water partition coefficient (Wildman–Crippen LogP) is 3.02. The first-order valence-corrected chi connectivity index (χ1v) is 7.42. The Balaban J connectivity index is 1.78. The highest BCUT2D eigenvalue weighted by Gasteiger charge is 2.10. The highest BCUT2D eigenvalue weighted by atomic mass is 35.5. The number of aryl methyl sites for hydroxylation is 1. The van der Waals surface area contributed by atoms with Gasteiger partial charge in [0.25, 0.3) is 5.91 Å². The van der Waals surface area contributed by atoms with Crippen molar-refractivity contribution in [3.05, 3.63) is 64.4 Å². The van der Waals surface area contributed by atoms with Crippen LogP contribution in [0.4, 0.5) is 4.39 Å². The number of benzene rings is 2. The van der Waals surface area contributed by atoms with Crippen LogP contribution in [0.25, 0.3) is 0 Å². The van der Waals surface area contributed by atoms with E-state index >= 15 is 0 Å². The van der Waals surface area contributed by atoms with Gasteiger partial charge in [0, 0.05) is 11.6 Å². The van der Waals surface area contributed by atoms with E-state index in [1.807, 2.05) is 6.92 Å². The highest BCUT2D eigenvalue weighted by molar-refractivity contribution is 6.31. The second kappa shape index (κ2) is 7.94.